The second kappa shape index (κ2) is 6.55. The second-order valence-corrected chi connectivity index (χ2v) is 7.83. The molecule has 7 heteroatoms. The molecule has 1 unspecified atom stereocenters. The first-order chi connectivity index (χ1) is 11.8. The third-order valence-electron chi connectivity index (χ3n) is 4.40. The molecule has 0 saturated heterocycles. The van der Waals surface area contributed by atoms with Crippen LogP contribution >= 0.6 is 11.8 Å². The minimum atomic E-state index is -1.17. The van der Waals surface area contributed by atoms with Crippen LogP contribution in [0.2, 0.25) is 0 Å². The number of carbonyl (C=O) groups excluding carboxylic acids is 2. The van der Waals surface area contributed by atoms with E-state index in [1.54, 1.807) is 18.9 Å². The number of aromatic nitrogens is 2. The molecule has 1 aliphatic heterocycles. The molecule has 0 fully saturated rings. The van der Waals surface area contributed by atoms with Gasteiger partial charge in [-0.15, -0.1) is 0 Å². The summed E-state index contributed by atoms with van der Waals surface area (Å²) in [6, 6.07) is 9.62. The van der Waals surface area contributed by atoms with E-state index in [0.717, 1.165) is 22.0 Å². The summed E-state index contributed by atoms with van der Waals surface area (Å²) in [6.07, 6.45) is 0. The fourth-order valence-electron chi connectivity index (χ4n) is 3.00. The molecule has 25 heavy (non-hydrogen) atoms. The van der Waals surface area contributed by atoms with Crippen LogP contribution in [0.25, 0.3) is 0 Å². The molecule has 2 aromatic rings. The molecule has 0 radical (unpaired) electrons. The van der Waals surface area contributed by atoms with Crippen LogP contribution in [0.15, 0.2) is 35.2 Å². The molecule has 0 saturated carbocycles. The zero-order chi connectivity index (χ0) is 18.2. The van der Waals surface area contributed by atoms with E-state index >= 15 is 0 Å². The van der Waals surface area contributed by atoms with E-state index in [2.05, 4.69) is 10.4 Å². The van der Waals surface area contributed by atoms with Gasteiger partial charge in [0.1, 0.15) is 0 Å². The van der Waals surface area contributed by atoms with E-state index in [4.69, 9.17) is 0 Å². The lowest BCUT2D eigenvalue weighted by Crippen LogP contribution is -2.55. The summed E-state index contributed by atoms with van der Waals surface area (Å²) in [5.41, 5.74) is 2.84. The number of fused-ring (bicyclic) bond motifs is 1. The number of para-hydroxylation sites is 1. The fourth-order valence-corrected chi connectivity index (χ4v) is 4.29. The van der Waals surface area contributed by atoms with Crippen molar-refractivity contribution in [1.82, 2.24) is 15.1 Å². The number of aryl methyl sites for hydroxylation is 2. The number of amides is 2. The number of hydrogen-bond donors (Lipinski definition) is 1. The number of nitrogens with one attached hydrogen (secondary N) is 1. The highest BCUT2D eigenvalue weighted by molar-refractivity contribution is 8.02. The van der Waals surface area contributed by atoms with Gasteiger partial charge in [0.05, 0.1) is 17.9 Å². The molecule has 3 rings (SSSR count). The van der Waals surface area contributed by atoms with E-state index in [1.165, 1.54) is 11.8 Å². The van der Waals surface area contributed by atoms with Gasteiger partial charge < -0.3 is 10.2 Å². The Hall–Kier alpha value is -2.28. The van der Waals surface area contributed by atoms with Crippen molar-refractivity contribution in [2.24, 2.45) is 0 Å². The standard InChI is InChI=1S/C18H22N4O2S/c1-12-11-13(2)22(20-12)10-9-19-16(23)18(3)17(24)21(4)14-7-5-6-8-15(14)25-18/h5-8,11H,9-10H2,1-4H3,(H,19,23). The molecule has 1 aliphatic rings. The smallest absolute Gasteiger partial charge is 0.252 e. The predicted octanol–water partition coefficient (Wildman–Crippen LogP) is 2.14. The first-order valence-electron chi connectivity index (χ1n) is 8.18. The quantitative estimate of drug-likeness (QED) is 0.851. The molecule has 1 aromatic heterocycles. The number of anilines is 1. The van der Waals surface area contributed by atoms with Crippen molar-refractivity contribution in [1.29, 1.82) is 0 Å². The Bertz CT molecular complexity index is 832. The highest BCUT2D eigenvalue weighted by Gasteiger charge is 2.48. The van der Waals surface area contributed by atoms with Gasteiger partial charge in [-0.2, -0.15) is 5.10 Å². The predicted molar refractivity (Wildman–Crippen MR) is 98.8 cm³/mol. The lowest BCUT2D eigenvalue weighted by molar-refractivity contribution is -0.131. The third-order valence-corrected chi connectivity index (χ3v) is 5.73. The van der Waals surface area contributed by atoms with Gasteiger partial charge in [0.15, 0.2) is 4.75 Å². The average Bonchev–Trinajstić information content (AvgIpc) is 2.90. The molecule has 0 spiro atoms. The molecule has 1 N–H and O–H groups in total. The van der Waals surface area contributed by atoms with Crippen LogP contribution in [0.5, 0.6) is 0 Å². The van der Waals surface area contributed by atoms with Gasteiger partial charge in [-0.3, -0.25) is 14.3 Å². The number of nitrogens with zero attached hydrogens (tertiary/aromatic N) is 3. The number of benzene rings is 1. The number of rotatable bonds is 4. The van der Waals surface area contributed by atoms with Crippen LogP contribution < -0.4 is 10.2 Å². The number of hydrogen-bond acceptors (Lipinski definition) is 4. The van der Waals surface area contributed by atoms with Gasteiger partial charge in [-0.1, -0.05) is 23.9 Å². The zero-order valence-electron chi connectivity index (χ0n) is 14.9. The lowest BCUT2D eigenvalue weighted by atomic mass is 10.1. The van der Waals surface area contributed by atoms with Gasteiger partial charge in [-0.05, 0) is 39.0 Å². The maximum Gasteiger partial charge on any atom is 0.252 e. The monoisotopic (exact) mass is 358 g/mol. The van der Waals surface area contributed by atoms with Gasteiger partial charge in [0, 0.05) is 24.2 Å². The van der Waals surface area contributed by atoms with E-state index < -0.39 is 4.75 Å². The van der Waals surface area contributed by atoms with Crippen molar-refractivity contribution in [2.75, 3.05) is 18.5 Å². The van der Waals surface area contributed by atoms with Gasteiger partial charge in [0.25, 0.3) is 5.91 Å². The van der Waals surface area contributed by atoms with Crippen LogP contribution in [-0.4, -0.2) is 39.9 Å². The van der Waals surface area contributed by atoms with E-state index in [-0.39, 0.29) is 11.8 Å². The minimum absolute atomic E-state index is 0.209. The molecule has 0 bridgehead atoms. The van der Waals surface area contributed by atoms with Crippen LogP contribution in [0.1, 0.15) is 18.3 Å². The Kier molecular flexibility index (Phi) is 4.60. The molecule has 0 aliphatic carbocycles. The Morgan fingerprint density at radius 1 is 1.32 bits per heavy atom. The van der Waals surface area contributed by atoms with Crippen molar-refractivity contribution < 1.29 is 9.59 Å². The Morgan fingerprint density at radius 3 is 2.72 bits per heavy atom. The summed E-state index contributed by atoms with van der Waals surface area (Å²) in [4.78, 5) is 28.0. The summed E-state index contributed by atoms with van der Waals surface area (Å²) in [5.74, 6) is -0.481. The first kappa shape index (κ1) is 17.5. The van der Waals surface area contributed by atoms with Gasteiger partial charge in [-0.25, -0.2) is 0 Å². The summed E-state index contributed by atoms with van der Waals surface area (Å²) >= 11 is 1.31. The van der Waals surface area contributed by atoms with Crippen molar-refractivity contribution in [3.63, 3.8) is 0 Å². The first-order valence-corrected chi connectivity index (χ1v) is 9.00. The Balaban J connectivity index is 1.71. The molecule has 132 valence electrons. The SMILES string of the molecule is Cc1cc(C)n(CCNC(=O)C2(C)Sc3ccccc3N(C)C2=O)n1. The van der Waals surface area contributed by atoms with Crippen LogP contribution in [-0.2, 0) is 16.1 Å². The molecule has 1 atom stereocenters. The van der Waals surface area contributed by atoms with Crippen molar-refractivity contribution in [3.8, 4) is 0 Å². The molecule has 2 heterocycles. The molecular formula is C18H22N4O2S. The van der Waals surface area contributed by atoms with E-state index in [9.17, 15) is 9.59 Å². The summed E-state index contributed by atoms with van der Waals surface area (Å²) in [5, 5.41) is 7.27. The summed E-state index contributed by atoms with van der Waals surface area (Å²) in [6.45, 7) is 6.61. The van der Waals surface area contributed by atoms with Crippen molar-refractivity contribution >= 4 is 29.3 Å². The Morgan fingerprint density at radius 2 is 2.04 bits per heavy atom. The van der Waals surface area contributed by atoms with Crippen LogP contribution in [0.3, 0.4) is 0 Å². The van der Waals surface area contributed by atoms with Crippen LogP contribution in [0.4, 0.5) is 5.69 Å². The third kappa shape index (κ3) is 3.16. The average molecular weight is 358 g/mol. The fraction of sp³-hybridized carbons (Fsp3) is 0.389. The summed E-state index contributed by atoms with van der Waals surface area (Å²) < 4.78 is 0.688. The van der Waals surface area contributed by atoms with Gasteiger partial charge in [0.2, 0.25) is 5.91 Å². The molecule has 6 nitrogen and oxygen atoms in total. The van der Waals surface area contributed by atoms with Crippen LogP contribution in [0, 0.1) is 13.8 Å². The molecule has 2 amide bonds. The lowest BCUT2D eigenvalue weighted by Gasteiger charge is -2.36. The maximum atomic E-state index is 12.8. The molecular weight excluding hydrogens is 336 g/mol. The largest absolute Gasteiger partial charge is 0.353 e. The van der Waals surface area contributed by atoms with Gasteiger partial charge >= 0.3 is 0 Å². The van der Waals surface area contributed by atoms with E-state index in [1.807, 2.05) is 48.9 Å². The van der Waals surface area contributed by atoms with Crippen molar-refractivity contribution in [3.05, 3.63) is 41.7 Å². The maximum absolute atomic E-state index is 12.8. The summed E-state index contributed by atoms with van der Waals surface area (Å²) in [7, 11) is 1.71. The number of carbonyl (C=O) groups is 2. The van der Waals surface area contributed by atoms with E-state index in [0.29, 0.717) is 13.1 Å². The highest BCUT2D eigenvalue weighted by Crippen LogP contribution is 2.44. The highest BCUT2D eigenvalue weighted by atomic mass is 32.2. The van der Waals surface area contributed by atoms with Crippen molar-refractivity contribution in [2.45, 2.75) is 37.0 Å². The minimum Gasteiger partial charge on any atom is -0.353 e. The second-order valence-electron chi connectivity index (χ2n) is 6.37. The Labute approximate surface area is 151 Å². The topological polar surface area (TPSA) is 67.2 Å². The molecule has 1 aromatic carbocycles. The zero-order valence-corrected chi connectivity index (χ0v) is 15.7. The normalized spacial score (nSPS) is 19.7. The number of thioether (sulfide) groups is 1.